The van der Waals surface area contributed by atoms with E-state index < -0.39 is 38.5 Å². The van der Waals surface area contributed by atoms with Gasteiger partial charge in [-0.25, -0.2) is 22.3 Å². The minimum absolute atomic E-state index is 0.0142. The van der Waals surface area contributed by atoms with E-state index >= 15 is 0 Å². The number of amides is 2. The maximum Gasteiger partial charge on any atom is 0.260 e. The zero-order valence-corrected chi connectivity index (χ0v) is 25.9. The van der Waals surface area contributed by atoms with Crippen molar-refractivity contribution in [1.29, 1.82) is 0 Å². The van der Waals surface area contributed by atoms with Crippen LogP contribution in [0.4, 0.5) is 0 Å². The fraction of sp³-hybridized carbons (Fsp3) is 0.300. The first-order chi connectivity index (χ1) is 21.7. The Morgan fingerprint density at radius 3 is 2.04 bits per heavy atom. The van der Waals surface area contributed by atoms with E-state index in [4.69, 9.17) is 9.47 Å². The van der Waals surface area contributed by atoms with Gasteiger partial charge in [0.2, 0.25) is 20.0 Å². The Kier molecular flexibility index (Phi) is 10.2. The van der Waals surface area contributed by atoms with Crippen molar-refractivity contribution in [2.75, 3.05) is 52.5 Å². The van der Waals surface area contributed by atoms with E-state index in [0.29, 0.717) is 37.6 Å². The molecule has 2 heterocycles. The smallest absolute Gasteiger partial charge is 0.260 e. The van der Waals surface area contributed by atoms with Gasteiger partial charge in [0, 0.05) is 32.7 Å². The summed E-state index contributed by atoms with van der Waals surface area (Å²) in [6.45, 7) is 1.18. The van der Waals surface area contributed by atoms with Crippen molar-refractivity contribution in [3.63, 3.8) is 0 Å². The molecule has 0 radical (unpaired) electrons. The Hall–Kier alpha value is -4.15. The van der Waals surface area contributed by atoms with Crippen molar-refractivity contribution in [3.8, 4) is 5.75 Å². The molecule has 2 aliphatic heterocycles. The van der Waals surface area contributed by atoms with Crippen molar-refractivity contribution in [2.24, 2.45) is 5.10 Å². The zero-order valence-electron chi connectivity index (χ0n) is 24.3. The van der Waals surface area contributed by atoms with Crippen molar-refractivity contribution < 1.29 is 35.9 Å². The molecule has 0 aromatic heterocycles. The molecule has 0 aliphatic carbocycles. The van der Waals surface area contributed by atoms with Crippen LogP contribution in [0.15, 0.2) is 99.8 Å². The van der Waals surface area contributed by atoms with E-state index in [0.717, 1.165) is 8.61 Å². The molecule has 2 saturated heterocycles. The van der Waals surface area contributed by atoms with E-state index in [9.17, 15) is 26.4 Å². The van der Waals surface area contributed by atoms with Crippen LogP contribution in [0.1, 0.15) is 5.56 Å². The van der Waals surface area contributed by atoms with Gasteiger partial charge in [-0.15, -0.1) is 0 Å². The number of morpholine rings is 1. The summed E-state index contributed by atoms with van der Waals surface area (Å²) in [5.74, 6) is -0.449. The Morgan fingerprint density at radius 1 is 0.822 bits per heavy atom. The van der Waals surface area contributed by atoms with Gasteiger partial charge in [0.05, 0.1) is 29.2 Å². The third kappa shape index (κ3) is 7.75. The molecular weight excluding hydrogens is 622 g/mol. The van der Waals surface area contributed by atoms with E-state index in [1.54, 1.807) is 65.6 Å². The maximum absolute atomic E-state index is 13.5. The number of benzene rings is 3. The second-order valence-electron chi connectivity index (χ2n) is 10.2. The predicted octanol–water partition coefficient (Wildman–Crippen LogP) is 1.14. The van der Waals surface area contributed by atoms with Crippen LogP contribution < -0.4 is 10.2 Å². The third-order valence-corrected chi connectivity index (χ3v) is 11.1. The minimum atomic E-state index is -4.14. The molecule has 5 rings (SSSR count). The summed E-state index contributed by atoms with van der Waals surface area (Å²) in [5, 5.41) is 3.99. The monoisotopic (exact) mass is 655 g/mol. The molecule has 1 atom stereocenters. The van der Waals surface area contributed by atoms with Gasteiger partial charge >= 0.3 is 0 Å². The van der Waals surface area contributed by atoms with Gasteiger partial charge in [-0.2, -0.15) is 13.7 Å². The molecule has 2 amide bonds. The number of piperazine rings is 1. The molecule has 2 fully saturated rings. The molecule has 1 N–H and O–H groups in total. The van der Waals surface area contributed by atoms with Crippen molar-refractivity contribution in [2.45, 2.75) is 15.8 Å². The highest BCUT2D eigenvalue weighted by molar-refractivity contribution is 7.89. The van der Waals surface area contributed by atoms with Gasteiger partial charge in [0.1, 0.15) is 11.8 Å². The van der Waals surface area contributed by atoms with Gasteiger partial charge in [-0.3, -0.25) is 9.59 Å². The third-order valence-electron chi connectivity index (χ3n) is 7.32. The van der Waals surface area contributed by atoms with Crippen LogP contribution in [-0.4, -0.2) is 107 Å². The molecule has 15 heteroatoms. The second kappa shape index (κ2) is 14.3. The first kappa shape index (κ1) is 32.2. The van der Waals surface area contributed by atoms with E-state index in [-0.39, 0.29) is 35.4 Å². The summed E-state index contributed by atoms with van der Waals surface area (Å²) in [6, 6.07) is 20.7. The van der Waals surface area contributed by atoms with Gasteiger partial charge in [0.15, 0.2) is 6.61 Å². The Balaban J connectivity index is 1.27. The van der Waals surface area contributed by atoms with E-state index in [1.165, 1.54) is 30.5 Å². The number of rotatable bonds is 10. The standard InChI is InChI=1S/C30H33N5O8S2/c36-29(33-17-19-42-20-18-33)23-43-25-13-11-24(12-14-25)21-31-32-30(37)28-22-34(44(38,39)26-7-3-1-4-8-26)15-16-35(28)45(40,41)27-9-5-2-6-10-27/h1-14,21,28H,15-20,22-23H2,(H,32,37)/b31-21-/t28-/m1/s1. The highest BCUT2D eigenvalue weighted by Gasteiger charge is 2.43. The number of carbonyl (C=O) groups is 2. The lowest BCUT2D eigenvalue weighted by Gasteiger charge is -2.38. The summed E-state index contributed by atoms with van der Waals surface area (Å²) >= 11 is 0. The van der Waals surface area contributed by atoms with Gasteiger partial charge in [-0.05, 0) is 54.1 Å². The summed E-state index contributed by atoms with van der Waals surface area (Å²) in [5.41, 5.74) is 2.96. The average Bonchev–Trinajstić information content (AvgIpc) is 3.08. The molecule has 2 aliphatic rings. The summed E-state index contributed by atoms with van der Waals surface area (Å²) < 4.78 is 66.7. The number of hydrazone groups is 1. The SMILES string of the molecule is O=C(N/N=C\c1ccc(OCC(=O)N2CCOCC2)cc1)[C@H]1CN(S(=O)(=O)c2ccccc2)CCN1S(=O)(=O)c1ccccc1. The molecule has 0 spiro atoms. The number of sulfonamides is 2. The molecule has 3 aromatic rings. The van der Waals surface area contributed by atoms with Gasteiger partial charge < -0.3 is 14.4 Å². The van der Waals surface area contributed by atoms with Crippen molar-refractivity contribution in [1.82, 2.24) is 18.9 Å². The van der Waals surface area contributed by atoms with Crippen LogP contribution in [0.25, 0.3) is 0 Å². The van der Waals surface area contributed by atoms with E-state index in [1.807, 2.05) is 0 Å². The molecule has 0 unspecified atom stereocenters. The quantitative estimate of drug-likeness (QED) is 0.252. The number of hydrogen-bond donors (Lipinski definition) is 1. The summed E-state index contributed by atoms with van der Waals surface area (Å²) in [7, 11) is -8.13. The summed E-state index contributed by atoms with van der Waals surface area (Å²) in [6.07, 6.45) is 1.36. The number of ether oxygens (including phenoxy) is 2. The fourth-order valence-electron chi connectivity index (χ4n) is 4.87. The molecular formula is C30H33N5O8S2. The van der Waals surface area contributed by atoms with Crippen LogP contribution in [0, 0.1) is 0 Å². The van der Waals surface area contributed by atoms with Crippen LogP contribution in [0.5, 0.6) is 5.75 Å². The van der Waals surface area contributed by atoms with Crippen LogP contribution in [-0.2, 0) is 34.4 Å². The Morgan fingerprint density at radius 2 is 1.42 bits per heavy atom. The lowest BCUT2D eigenvalue weighted by Crippen LogP contribution is -2.60. The molecule has 13 nitrogen and oxygen atoms in total. The minimum Gasteiger partial charge on any atom is -0.484 e. The Labute approximate surface area is 262 Å². The first-order valence-electron chi connectivity index (χ1n) is 14.2. The molecule has 0 saturated carbocycles. The van der Waals surface area contributed by atoms with Crippen molar-refractivity contribution in [3.05, 3.63) is 90.5 Å². The largest absolute Gasteiger partial charge is 0.484 e. The average molecular weight is 656 g/mol. The Bertz CT molecular complexity index is 1710. The lowest BCUT2D eigenvalue weighted by atomic mass is 10.2. The topological polar surface area (TPSA) is 155 Å². The van der Waals surface area contributed by atoms with Crippen LogP contribution >= 0.6 is 0 Å². The second-order valence-corrected chi connectivity index (χ2v) is 14.0. The lowest BCUT2D eigenvalue weighted by molar-refractivity contribution is -0.137. The maximum atomic E-state index is 13.5. The van der Waals surface area contributed by atoms with Crippen LogP contribution in [0.2, 0.25) is 0 Å². The van der Waals surface area contributed by atoms with Crippen molar-refractivity contribution >= 4 is 38.1 Å². The van der Waals surface area contributed by atoms with E-state index in [2.05, 4.69) is 10.5 Å². The molecule has 45 heavy (non-hydrogen) atoms. The number of nitrogens with zero attached hydrogens (tertiary/aromatic N) is 4. The number of hydrogen-bond acceptors (Lipinski definition) is 9. The predicted molar refractivity (Wildman–Crippen MR) is 164 cm³/mol. The van der Waals surface area contributed by atoms with Gasteiger partial charge in [0.25, 0.3) is 11.8 Å². The molecule has 3 aromatic carbocycles. The normalized spacial score (nSPS) is 18.5. The number of nitrogens with one attached hydrogen (secondary N) is 1. The van der Waals surface area contributed by atoms with Gasteiger partial charge in [-0.1, -0.05) is 36.4 Å². The summed E-state index contributed by atoms with van der Waals surface area (Å²) in [4.78, 5) is 27.4. The highest BCUT2D eigenvalue weighted by Crippen LogP contribution is 2.25. The number of carbonyl (C=O) groups excluding carboxylic acids is 2. The zero-order chi connectivity index (χ0) is 31.9. The molecule has 0 bridgehead atoms. The molecule has 238 valence electrons. The fourth-order valence-corrected chi connectivity index (χ4v) is 7.92. The highest BCUT2D eigenvalue weighted by atomic mass is 32.2. The van der Waals surface area contributed by atoms with Crippen LogP contribution in [0.3, 0.4) is 0 Å². The first-order valence-corrected chi connectivity index (χ1v) is 17.1.